The number of guanidine groups is 1. The van der Waals surface area contributed by atoms with Crippen molar-refractivity contribution in [3.8, 4) is 0 Å². The van der Waals surface area contributed by atoms with Crippen LogP contribution in [0.1, 0.15) is 20.9 Å². The molecular formula is C18H23N5O5S. The molecule has 1 aliphatic heterocycles. The van der Waals surface area contributed by atoms with Crippen LogP contribution in [0, 0.1) is 0 Å². The van der Waals surface area contributed by atoms with Crippen LogP contribution in [0.4, 0.5) is 5.69 Å². The van der Waals surface area contributed by atoms with Crippen LogP contribution in [0.2, 0.25) is 0 Å². The molecule has 1 aromatic carbocycles. The highest BCUT2D eigenvalue weighted by molar-refractivity contribution is 8.23. The van der Waals surface area contributed by atoms with E-state index >= 15 is 0 Å². The number of aliphatic imine (C=N–C) groups is 1. The first kappa shape index (κ1) is 20.7. The van der Waals surface area contributed by atoms with E-state index in [0.717, 1.165) is 0 Å². The highest BCUT2D eigenvalue weighted by Gasteiger charge is 2.27. The summed E-state index contributed by atoms with van der Waals surface area (Å²) in [6.07, 6.45) is 2.74. The first-order valence-electron chi connectivity index (χ1n) is 8.76. The van der Waals surface area contributed by atoms with E-state index in [1.165, 1.54) is 24.7 Å². The number of hydrogen-bond acceptors (Lipinski definition) is 6. The highest BCUT2D eigenvalue weighted by atomic mass is 32.3. The molecule has 29 heavy (non-hydrogen) atoms. The third-order valence-electron chi connectivity index (χ3n) is 4.49. The lowest BCUT2D eigenvalue weighted by atomic mass is 10.1. The molecule has 0 bridgehead atoms. The number of nitrogens with two attached hydrogens (primary N) is 2. The van der Waals surface area contributed by atoms with Crippen molar-refractivity contribution >= 4 is 34.1 Å². The molecular weight excluding hydrogens is 398 g/mol. The zero-order valence-corrected chi connectivity index (χ0v) is 16.6. The van der Waals surface area contributed by atoms with Gasteiger partial charge < -0.3 is 25.7 Å². The number of rotatable bonds is 4. The largest absolute Gasteiger partial charge is 0.459 e. The number of anilines is 1. The van der Waals surface area contributed by atoms with Gasteiger partial charge in [-0.1, -0.05) is 0 Å². The van der Waals surface area contributed by atoms with Gasteiger partial charge in [-0.25, -0.2) is 0 Å². The van der Waals surface area contributed by atoms with E-state index in [9.17, 15) is 18.7 Å². The molecule has 1 saturated heterocycles. The molecule has 0 saturated carbocycles. The Kier molecular flexibility index (Phi) is 5.82. The average Bonchev–Trinajstić information content (AvgIpc) is 3.20. The van der Waals surface area contributed by atoms with Crippen molar-refractivity contribution in [3.63, 3.8) is 0 Å². The van der Waals surface area contributed by atoms with E-state index in [4.69, 9.17) is 15.9 Å². The first-order valence-corrected chi connectivity index (χ1v) is 10.7. The second kappa shape index (κ2) is 8.15. The van der Waals surface area contributed by atoms with E-state index in [1.54, 1.807) is 23.1 Å². The molecule has 156 valence electrons. The Morgan fingerprint density at radius 2 is 1.83 bits per heavy atom. The summed E-state index contributed by atoms with van der Waals surface area (Å²) in [5.41, 5.74) is 11.2. The number of amides is 2. The molecule has 10 nitrogen and oxygen atoms in total. The van der Waals surface area contributed by atoms with Crippen LogP contribution in [0.5, 0.6) is 0 Å². The van der Waals surface area contributed by atoms with E-state index in [2.05, 4.69) is 4.99 Å². The maximum absolute atomic E-state index is 12.4. The minimum absolute atomic E-state index is 0.144. The molecule has 2 amide bonds. The molecule has 6 N–H and O–H groups in total. The predicted octanol–water partition coefficient (Wildman–Crippen LogP) is 1.39. The fourth-order valence-corrected chi connectivity index (χ4v) is 4.05. The van der Waals surface area contributed by atoms with Gasteiger partial charge in [0.25, 0.3) is 11.8 Å². The van der Waals surface area contributed by atoms with Crippen LogP contribution in [-0.4, -0.2) is 64.2 Å². The van der Waals surface area contributed by atoms with Gasteiger partial charge >= 0.3 is 0 Å². The molecule has 0 unspecified atom stereocenters. The number of benzene rings is 1. The lowest BCUT2D eigenvalue weighted by Crippen LogP contribution is -2.49. The number of piperazine rings is 1. The zero-order chi connectivity index (χ0) is 21.2. The van der Waals surface area contributed by atoms with Crippen molar-refractivity contribution in [1.29, 1.82) is 0 Å². The van der Waals surface area contributed by atoms with Gasteiger partial charge in [0, 0.05) is 38.0 Å². The van der Waals surface area contributed by atoms with Crippen molar-refractivity contribution in [2.75, 3.05) is 37.3 Å². The molecule has 2 aromatic rings. The van der Waals surface area contributed by atoms with Crippen LogP contribution in [0.3, 0.4) is 0 Å². The van der Waals surface area contributed by atoms with Crippen molar-refractivity contribution in [3.05, 3.63) is 47.9 Å². The molecule has 1 fully saturated rings. The average molecular weight is 421 g/mol. The summed E-state index contributed by atoms with van der Waals surface area (Å²) in [5, 5.41) is 0. The van der Waals surface area contributed by atoms with Gasteiger partial charge in [0.15, 0.2) is 11.7 Å². The summed E-state index contributed by atoms with van der Waals surface area (Å²) >= 11 is 0. The quantitative estimate of drug-likeness (QED) is 0.426. The minimum atomic E-state index is -3.13. The summed E-state index contributed by atoms with van der Waals surface area (Å²) < 4.78 is 25.7. The Balaban J connectivity index is 1.81. The number of nitrogens with zero attached hydrogens (tertiary/aromatic N) is 3. The molecule has 1 aromatic heterocycles. The summed E-state index contributed by atoms with van der Waals surface area (Å²) in [6, 6.07) is 7.82. The van der Waals surface area contributed by atoms with E-state index in [-0.39, 0.29) is 28.1 Å². The molecule has 0 aliphatic carbocycles. The van der Waals surface area contributed by atoms with Crippen LogP contribution in [0.25, 0.3) is 0 Å². The Morgan fingerprint density at radius 1 is 1.14 bits per heavy atom. The molecule has 3 rings (SSSR count). The first-order chi connectivity index (χ1) is 13.7. The smallest absolute Gasteiger partial charge is 0.289 e. The Labute approximate surface area is 169 Å². The summed E-state index contributed by atoms with van der Waals surface area (Å²) in [4.78, 5) is 31.8. The number of furan rings is 1. The van der Waals surface area contributed by atoms with Crippen molar-refractivity contribution in [1.82, 2.24) is 4.90 Å². The molecule has 11 heteroatoms. The SMILES string of the molecule is CS(O)(O)c1cc(C(=O)N=C(N)N)ccc1N1CCN(C(=O)c2ccco2)CC1. The van der Waals surface area contributed by atoms with Gasteiger partial charge in [-0.15, -0.1) is 0 Å². The molecule has 1 aliphatic rings. The summed E-state index contributed by atoms with van der Waals surface area (Å²) in [6.45, 7) is 1.85. The van der Waals surface area contributed by atoms with Crippen molar-refractivity contribution in [2.45, 2.75) is 4.90 Å². The van der Waals surface area contributed by atoms with E-state index in [0.29, 0.717) is 31.9 Å². The molecule has 0 spiro atoms. The molecule has 2 heterocycles. The molecule has 0 radical (unpaired) electrons. The number of carbonyl (C=O) groups is 2. The normalized spacial score (nSPS) is 15.1. The van der Waals surface area contributed by atoms with Gasteiger partial charge in [-0.05, 0) is 30.3 Å². The number of hydrogen-bond donors (Lipinski definition) is 4. The maximum Gasteiger partial charge on any atom is 0.289 e. The lowest BCUT2D eigenvalue weighted by molar-refractivity contribution is 0.0714. The predicted molar refractivity (Wildman–Crippen MR) is 110 cm³/mol. The fourth-order valence-electron chi connectivity index (χ4n) is 3.11. The third kappa shape index (κ3) is 4.70. The highest BCUT2D eigenvalue weighted by Crippen LogP contribution is 2.49. The van der Waals surface area contributed by atoms with Crippen molar-refractivity contribution in [2.24, 2.45) is 16.5 Å². The van der Waals surface area contributed by atoms with Gasteiger partial charge in [0.05, 0.1) is 16.8 Å². The van der Waals surface area contributed by atoms with Gasteiger partial charge in [0.1, 0.15) is 0 Å². The molecule has 0 atom stereocenters. The second-order valence-corrected chi connectivity index (χ2v) is 8.72. The minimum Gasteiger partial charge on any atom is -0.459 e. The third-order valence-corrected chi connectivity index (χ3v) is 5.65. The topological polar surface area (TPSA) is 159 Å². The van der Waals surface area contributed by atoms with E-state index < -0.39 is 16.5 Å². The second-order valence-electron chi connectivity index (χ2n) is 6.61. The van der Waals surface area contributed by atoms with Crippen LogP contribution < -0.4 is 16.4 Å². The monoisotopic (exact) mass is 421 g/mol. The van der Waals surface area contributed by atoms with E-state index in [1.807, 2.05) is 4.90 Å². The fraction of sp³-hybridized carbons (Fsp3) is 0.278. The maximum atomic E-state index is 12.4. The van der Waals surface area contributed by atoms with Crippen molar-refractivity contribution < 1.29 is 23.1 Å². The summed E-state index contributed by atoms with van der Waals surface area (Å²) in [5.74, 6) is -0.950. The Bertz CT molecular complexity index is 927. The Hall–Kier alpha value is -3.02. The van der Waals surface area contributed by atoms with Gasteiger partial charge in [0.2, 0.25) is 0 Å². The zero-order valence-electron chi connectivity index (χ0n) is 15.8. The Morgan fingerprint density at radius 3 is 2.38 bits per heavy atom. The van der Waals surface area contributed by atoms with Gasteiger partial charge in [-0.2, -0.15) is 15.6 Å². The van der Waals surface area contributed by atoms with Crippen LogP contribution in [0.15, 0.2) is 50.9 Å². The van der Waals surface area contributed by atoms with Crippen LogP contribution >= 0.6 is 10.6 Å². The standard InChI is InChI=1S/C18H23N5O5S/c1-29(26,27)15-11-12(16(24)21-18(19)20)4-5-13(15)22-6-8-23(9-7-22)17(25)14-3-2-10-28-14/h2-5,10-11,26-27H,6-9H2,1H3,(H4,19,20,21,24). The van der Waals surface area contributed by atoms with Gasteiger partial charge in [-0.3, -0.25) is 18.7 Å². The lowest BCUT2D eigenvalue weighted by Gasteiger charge is -2.39. The number of carbonyl (C=O) groups excluding carboxylic acids is 2. The van der Waals surface area contributed by atoms with Crippen LogP contribution in [-0.2, 0) is 0 Å². The summed E-state index contributed by atoms with van der Waals surface area (Å²) in [7, 11) is -3.13.